The minimum atomic E-state index is -1.57. The molecule has 9 N–H and O–H groups in total. The van der Waals surface area contributed by atoms with E-state index in [-0.39, 0.29) is 18.6 Å². The van der Waals surface area contributed by atoms with E-state index in [0.717, 1.165) is 5.56 Å². The van der Waals surface area contributed by atoms with Crippen LogP contribution in [0.2, 0.25) is 0 Å². The van der Waals surface area contributed by atoms with E-state index in [2.05, 4.69) is 16.0 Å². The minimum Gasteiger partial charge on any atom is -0.508 e. The monoisotopic (exact) mass is 541 g/mol. The Morgan fingerprint density at radius 1 is 0.769 bits per heavy atom. The minimum absolute atomic E-state index is 0.0156. The molecule has 0 saturated carbocycles. The Balaban J connectivity index is 2.22. The molecule has 12 nitrogen and oxygen atoms in total. The van der Waals surface area contributed by atoms with Crippen molar-refractivity contribution in [2.45, 2.75) is 57.3 Å². The Bertz CT molecular complexity index is 1150. The molecule has 0 radical (unpaired) electrons. The van der Waals surface area contributed by atoms with Crippen LogP contribution in [0.1, 0.15) is 31.4 Å². The summed E-state index contributed by atoms with van der Waals surface area (Å²) in [5.41, 5.74) is 12.6. The molecule has 2 aromatic rings. The molecule has 0 spiro atoms. The highest BCUT2D eigenvalue weighted by molar-refractivity contribution is 5.95. The normalized spacial score (nSPS) is 13.9. The lowest BCUT2D eigenvalue weighted by Gasteiger charge is -2.27. The fraction of sp³-hybridized carbons (Fsp3) is 0.370. The summed E-state index contributed by atoms with van der Waals surface area (Å²) in [6.07, 6.45) is -0.381. The molecule has 0 fully saturated rings. The molecule has 0 saturated heterocycles. The molecule has 210 valence electrons. The number of primary amides is 1. The molecule has 0 bridgehead atoms. The number of phenolic OH excluding ortho intramolecular Hbond substituents is 1. The van der Waals surface area contributed by atoms with Crippen LogP contribution in [0, 0.1) is 5.92 Å². The van der Waals surface area contributed by atoms with Gasteiger partial charge in [0.2, 0.25) is 23.6 Å². The molecule has 0 aliphatic carbocycles. The van der Waals surface area contributed by atoms with Crippen LogP contribution in [-0.2, 0) is 36.8 Å². The number of nitrogens with one attached hydrogen (secondary N) is 3. The Hall–Kier alpha value is -4.45. The number of hydrogen-bond acceptors (Lipinski definition) is 7. The van der Waals surface area contributed by atoms with Crippen molar-refractivity contribution in [1.82, 2.24) is 16.0 Å². The van der Waals surface area contributed by atoms with Gasteiger partial charge in [0, 0.05) is 6.42 Å². The Labute approximate surface area is 226 Å². The number of carboxylic acid groups (broad SMARTS) is 1. The van der Waals surface area contributed by atoms with Crippen LogP contribution in [0.4, 0.5) is 0 Å². The summed E-state index contributed by atoms with van der Waals surface area (Å²) < 4.78 is 0. The molecular weight excluding hydrogens is 506 g/mol. The average Bonchev–Trinajstić information content (AvgIpc) is 2.87. The predicted molar refractivity (Wildman–Crippen MR) is 142 cm³/mol. The van der Waals surface area contributed by atoms with Gasteiger partial charge in [-0.1, -0.05) is 56.3 Å². The number of carbonyl (C=O) groups excluding carboxylic acids is 4. The Morgan fingerprint density at radius 3 is 1.87 bits per heavy atom. The van der Waals surface area contributed by atoms with Gasteiger partial charge in [0.1, 0.15) is 23.9 Å². The van der Waals surface area contributed by atoms with E-state index in [1.54, 1.807) is 26.0 Å². The third kappa shape index (κ3) is 10.1. The van der Waals surface area contributed by atoms with Crippen molar-refractivity contribution in [2.75, 3.05) is 0 Å². The molecule has 4 atom stereocenters. The van der Waals surface area contributed by atoms with E-state index in [4.69, 9.17) is 11.5 Å². The summed E-state index contributed by atoms with van der Waals surface area (Å²) in [7, 11) is 0. The number of aliphatic carboxylic acids is 1. The molecule has 4 unspecified atom stereocenters. The summed E-state index contributed by atoms with van der Waals surface area (Å²) >= 11 is 0. The highest BCUT2D eigenvalue weighted by Gasteiger charge is 2.32. The summed E-state index contributed by atoms with van der Waals surface area (Å²) in [6.45, 7) is 3.27. The molecule has 39 heavy (non-hydrogen) atoms. The molecule has 0 aliphatic heterocycles. The maximum Gasteiger partial charge on any atom is 0.326 e. The van der Waals surface area contributed by atoms with Crippen LogP contribution in [-0.4, -0.2) is 64.0 Å². The lowest BCUT2D eigenvalue weighted by Crippen LogP contribution is -2.59. The first-order valence-corrected chi connectivity index (χ1v) is 12.4. The van der Waals surface area contributed by atoms with Gasteiger partial charge in [0.05, 0.1) is 12.5 Å². The zero-order chi connectivity index (χ0) is 29.1. The highest BCUT2D eigenvalue weighted by atomic mass is 16.4. The molecule has 0 aromatic heterocycles. The van der Waals surface area contributed by atoms with Gasteiger partial charge in [-0.3, -0.25) is 19.2 Å². The van der Waals surface area contributed by atoms with Crippen molar-refractivity contribution in [3.8, 4) is 5.75 Å². The van der Waals surface area contributed by atoms with E-state index in [9.17, 15) is 34.2 Å². The van der Waals surface area contributed by atoms with E-state index in [0.29, 0.717) is 5.56 Å². The van der Waals surface area contributed by atoms with Crippen molar-refractivity contribution in [3.63, 3.8) is 0 Å². The van der Waals surface area contributed by atoms with Crippen LogP contribution in [0.3, 0.4) is 0 Å². The topological polar surface area (TPSA) is 214 Å². The lowest BCUT2D eigenvalue weighted by molar-refractivity contribution is -0.144. The number of carbonyl (C=O) groups is 5. The van der Waals surface area contributed by atoms with Gasteiger partial charge >= 0.3 is 5.97 Å². The van der Waals surface area contributed by atoms with Gasteiger partial charge in [-0.15, -0.1) is 0 Å². The van der Waals surface area contributed by atoms with Crippen LogP contribution in [0.5, 0.6) is 5.75 Å². The molecule has 0 heterocycles. The van der Waals surface area contributed by atoms with Gasteiger partial charge in [0.15, 0.2) is 0 Å². The lowest BCUT2D eigenvalue weighted by atomic mass is 9.99. The van der Waals surface area contributed by atoms with Crippen LogP contribution >= 0.6 is 0 Å². The molecule has 2 rings (SSSR count). The number of phenols is 1. The zero-order valence-corrected chi connectivity index (χ0v) is 21.8. The van der Waals surface area contributed by atoms with Crippen LogP contribution < -0.4 is 27.4 Å². The smallest absolute Gasteiger partial charge is 0.326 e. The molecule has 12 heteroatoms. The average molecular weight is 542 g/mol. The summed E-state index contributed by atoms with van der Waals surface area (Å²) in [5.74, 6) is -4.97. The first-order chi connectivity index (χ1) is 18.4. The fourth-order valence-electron chi connectivity index (χ4n) is 3.77. The third-order valence-corrected chi connectivity index (χ3v) is 5.91. The van der Waals surface area contributed by atoms with Crippen LogP contribution in [0.15, 0.2) is 54.6 Å². The molecular formula is C27H35N5O7. The SMILES string of the molecule is CC(C)C(NC(=O)C(Cc1ccc(O)cc1)NC(=O)C(N)Cc1ccccc1)C(=O)NC(CC(N)=O)C(=O)O. The second-order valence-corrected chi connectivity index (χ2v) is 9.53. The number of benzene rings is 2. The Morgan fingerprint density at radius 2 is 1.33 bits per heavy atom. The van der Waals surface area contributed by atoms with Crippen LogP contribution in [0.25, 0.3) is 0 Å². The second kappa shape index (κ2) is 14.5. The standard InChI is InChI=1S/C27H35N5O7/c1-15(2)23(26(37)31-21(27(38)39)14-22(29)34)32-25(36)20(13-17-8-10-18(33)11-9-17)30-24(35)19(28)12-16-6-4-3-5-7-16/h3-11,15,19-21,23,33H,12-14,28H2,1-2H3,(H2,29,34)(H,30,35)(H,31,37)(H,32,36)(H,38,39). The van der Waals surface area contributed by atoms with Crippen molar-refractivity contribution in [2.24, 2.45) is 17.4 Å². The van der Waals surface area contributed by atoms with Gasteiger partial charge in [0.25, 0.3) is 0 Å². The maximum absolute atomic E-state index is 13.4. The predicted octanol–water partition coefficient (Wildman–Crippen LogP) is -0.425. The first-order valence-electron chi connectivity index (χ1n) is 12.4. The Kier molecular flexibility index (Phi) is 11.4. The quantitative estimate of drug-likeness (QED) is 0.166. The van der Waals surface area contributed by atoms with Crippen molar-refractivity contribution >= 4 is 29.6 Å². The van der Waals surface area contributed by atoms with Gasteiger partial charge in [-0.2, -0.15) is 0 Å². The number of amides is 4. The maximum atomic E-state index is 13.4. The van der Waals surface area contributed by atoms with Crippen molar-refractivity contribution < 1.29 is 34.2 Å². The van der Waals surface area contributed by atoms with Crippen molar-refractivity contribution in [3.05, 3.63) is 65.7 Å². The van der Waals surface area contributed by atoms with Gasteiger partial charge in [-0.05, 0) is 35.6 Å². The summed E-state index contributed by atoms with van der Waals surface area (Å²) in [5, 5.41) is 26.3. The van der Waals surface area contributed by atoms with Crippen molar-refractivity contribution in [1.29, 1.82) is 0 Å². The number of carboxylic acids is 1. The third-order valence-electron chi connectivity index (χ3n) is 5.91. The number of nitrogens with two attached hydrogens (primary N) is 2. The molecule has 2 aromatic carbocycles. The van der Waals surface area contributed by atoms with E-state index in [1.165, 1.54) is 12.1 Å². The number of rotatable bonds is 14. The summed E-state index contributed by atoms with van der Waals surface area (Å²) in [4.78, 5) is 61.8. The van der Waals surface area contributed by atoms with Gasteiger partial charge < -0.3 is 37.6 Å². The van der Waals surface area contributed by atoms with E-state index in [1.807, 2.05) is 30.3 Å². The fourth-order valence-corrected chi connectivity index (χ4v) is 3.77. The number of aromatic hydroxyl groups is 1. The highest BCUT2D eigenvalue weighted by Crippen LogP contribution is 2.13. The van der Waals surface area contributed by atoms with Gasteiger partial charge in [-0.25, -0.2) is 4.79 Å². The van der Waals surface area contributed by atoms with E-state index >= 15 is 0 Å². The molecule has 4 amide bonds. The second-order valence-electron chi connectivity index (χ2n) is 9.53. The first kappa shape index (κ1) is 30.8. The van der Waals surface area contributed by atoms with E-state index < -0.39 is 66.1 Å². The molecule has 0 aliphatic rings. The zero-order valence-electron chi connectivity index (χ0n) is 21.8. The number of hydrogen-bond donors (Lipinski definition) is 7. The largest absolute Gasteiger partial charge is 0.508 e. The summed E-state index contributed by atoms with van der Waals surface area (Å²) in [6, 6.07) is 10.3.